The molecular weight excluding hydrogens is 326 g/mol. The van der Waals surface area contributed by atoms with E-state index in [1.807, 2.05) is 36.0 Å². The molecule has 2 aromatic carbocycles. The Bertz CT molecular complexity index is 815. The fourth-order valence-corrected chi connectivity index (χ4v) is 3.87. The summed E-state index contributed by atoms with van der Waals surface area (Å²) in [5.74, 6) is 2.75. The SMILES string of the molecule is c1ccc(SCc2cc(N3CCCC3)nc(-c3ccccc3)n2)cc1. The molecule has 3 nitrogen and oxygen atoms in total. The normalized spacial score (nSPS) is 14.0. The first-order valence-corrected chi connectivity index (χ1v) is 9.73. The van der Waals surface area contributed by atoms with Gasteiger partial charge in [-0.25, -0.2) is 9.97 Å². The topological polar surface area (TPSA) is 29.0 Å². The van der Waals surface area contributed by atoms with Gasteiger partial charge in [0.15, 0.2) is 5.82 Å². The van der Waals surface area contributed by atoms with E-state index in [4.69, 9.17) is 9.97 Å². The van der Waals surface area contributed by atoms with E-state index in [0.717, 1.165) is 41.7 Å². The van der Waals surface area contributed by atoms with Crippen LogP contribution in [0.1, 0.15) is 18.5 Å². The maximum absolute atomic E-state index is 4.85. The van der Waals surface area contributed by atoms with Crippen LogP contribution in [0.2, 0.25) is 0 Å². The van der Waals surface area contributed by atoms with E-state index >= 15 is 0 Å². The number of hydrogen-bond donors (Lipinski definition) is 0. The molecule has 0 saturated carbocycles. The van der Waals surface area contributed by atoms with Gasteiger partial charge in [0.25, 0.3) is 0 Å². The molecule has 0 spiro atoms. The van der Waals surface area contributed by atoms with Crippen molar-refractivity contribution in [1.82, 2.24) is 9.97 Å². The highest BCUT2D eigenvalue weighted by Crippen LogP contribution is 2.27. The highest BCUT2D eigenvalue weighted by atomic mass is 32.2. The van der Waals surface area contributed by atoms with Gasteiger partial charge in [-0.2, -0.15) is 0 Å². The second kappa shape index (κ2) is 7.70. The van der Waals surface area contributed by atoms with Crippen LogP contribution in [0.5, 0.6) is 0 Å². The average molecular weight is 347 g/mol. The van der Waals surface area contributed by atoms with Gasteiger partial charge in [-0.1, -0.05) is 48.5 Å². The lowest BCUT2D eigenvalue weighted by molar-refractivity contribution is 0.922. The number of thioether (sulfide) groups is 1. The summed E-state index contributed by atoms with van der Waals surface area (Å²) >= 11 is 1.82. The molecule has 0 amide bonds. The molecule has 1 aliphatic rings. The predicted octanol–water partition coefficient (Wildman–Crippen LogP) is 5.04. The number of anilines is 1. The Morgan fingerprint density at radius 2 is 1.52 bits per heavy atom. The fourth-order valence-electron chi connectivity index (χ4n) is 3.06. The van der Waals surface area contributed by atoms with E-state index in [2.05, 4.69) is 47.4 Å². The molecule has 0 N–H and O–H groups in total. The minimum Gasteiger partial charge on any atom is -0.356 e. The zero-order chi connectivity index (χ0) is 16.9. The first kappa shape index (κ1) is 16.2. The summed E-state index contributed by atoms with van der Waals surface area (Å²) in [6.45, 7) is 2.19. The van der Waals surface area contributed by atoms with Crippen LogP contribution in [-0.4, -0.2) is 23.1 Å². The van der Waals surface area contributed by atoms with Crippen LogP contribution in [0.4, 0.5) is 5.82 Å². The Hall–Kier alpha value is -2.33. The summed E-state index contributed by atoms with van der Waals surface area (Å²) in [4.78, 5) is 13.3. The van der Waals surface area contributed by atoms with Crippen molar-refractivity contribution in [2.45, 2.75) is 23.5 Å². The van der Waals surface area contributed by atoms with E-state index in [0.29, 0.717) is 0 Å². The molecule has 25 heavy (non-hydrogen) atoms. The molecule has 1 saturated heterocycles. The molecule has 4 heteroatoms. The van der Waals surface area contributed by atoms with E-state index in [1.165, 1.54) is 17.7 Å². The van der Waals surface area contributed by atoms with Crippen LogP contribution >= 0.6 is 11.8 Å². The summed E-state index contributed by atoms with van der Waals surface area (Å²) in [6, 6.07) is 22.9. The largest absolute Gasteiger partial charge is 0.356 e. The highest BCUT2D eigenvalue weighted by Gasteiger charge is 2.16. The van der Waals surface area contributed by atoms with Crippen molar-refractivity contribution in [2.75, 3.05) is 18.0 Å². The summed E-state index contributed by atoms with van der Waals surface area (Å²) in [5, 5.41) is 0. The third-order valence-corrected chi connectivity index (χ3v) is 5.40. The molecule has 1 aromatic heterocycles. The van der Waals surface area contributed by atoms with Gasteiger partial charge in [0, 0.05) is 35.4 Å². The van der Waals surface area contributed by atoms with Crippen molar-refractivity contribution in [3.63, 3.8) is 0 Å². The first-order valence-electron chi connectivity index (χ1n) is 8.75. The third-order valence-electron chi connectivity index (χ3n) is 4.36. The first-order chi connectivity index (χ1) is 12.4. The Kier molecular flexibility index (Phi) is 4.98. The molecule has 3 aromatic rings. The van der Waals surface area contributed by atoms with Gasteiger partial charge >= 0.3 is 0 Å². The second-order valence-corrected chi connectivity index (χ2v) is 7.25. The second-order valence-electron chi connectivity index (χ2n) is 6.20. The predicted molar refractivity (Wildman–Crippen MR) is 105 cm³/mol. The molecule has 0 unspecified atom stereocenters. The van der Waals surface area contributed by atoms with Crippen LogP contribution in [0.25, 0.3) is 11.4 Å². The van der Waals surface area contributed by atoms with Gasteiger partial charge in [-0.05, 0) is 25.0 Å². The van der Waals surface area contributed by atoms with Crippen LogP contribution in [0.15, 0.2) is 71.6 Å². The lowest BCUT2D eigenvalue weighted by Gasteiger charge is -2.18. The molecule has 0 atom stereocenters. The van der Waals surface area contributed by atoms with Gasteiger partial charge in [0.05, 0.1) is 5.69 Å². The van der Waals surface area contributed by atoms with Crippen molar-refractivity contribution in [3.8, 4) is 11.4 Å². The smallest absolute Gasteiger partial charge is 0.161 e. The third kappa shape index (κ3) is 4.02. The van der Waals surface area contributed by atoms with Crippen LogP contribution < -0.4 is 4.90 Å². The summed E-state index contributed by atoms with van der Waals surface area (Å²) in [6.07, 6.45) is 2.50. The Labute approximate surface area is 153 Å². The van der Waals surface area contributed by atoms with Crippen LogP contribution in [-0.2, 0) is 5.75 Å². The lowest BCUT2D eigenvalue weighted by atomic mass is 10.2. The number of hydrogen-bond acceptors (Lipinski definition) is 4. The number of benzene rings is 2. The molecule has 4 rings (SSSR count). The average Bonchev–Trinajstić information content (AvgIpc) is 3.23. The Morgan fingerprint density at radius 3 is 2.24 bits per heavy atom. The summed E-state index contributed by atoms with van der Waals surface area (Å²) in [7, 11) is 0. The molecule has 126 valence electrons. The molecular formula is C21H21N3S. The molecule has 1 fully saturated rings. The highest BCUT2D eigenvalue weighted by molar-refractivity contribution is 7.98. The maximum Gasteiger partial charge on any atom is 0.161 e. The van der Waals surface area contributed by atoms with Gasteiger partial charge in [0.1, 0.15) is 5.82 Å². The monoisotopic (exact) mass is 347 g/mol. The van der Waals surface area contributed by atoms with E-state index in [-0.39, 0.29) is 0 Å². The maximum atomic E-state index is 4.85. The van der Waals surface area contributed by atoms with E-state index in [1.54, 1.807) is 0 Å². The van der Waals surface area contributed by atoms with Crippen molar-refractivity contribution in [1.29, 1.82) is 0 Å². The van der Waals surface area contributed by atoms with Gasteiger partial charge < -0.3 is 4.90 Å². The minimum atomic E-state index is 0.827. The quantitative estimate of drug-likeness (QED) is 0.605. The van der Waals surface area contributed by atoms with Crippen molar-refractivity contribution >= 4 is 17.6 Å². The molecule has 2 heterocycles. The molecule has 0 aliphatic carbocycles. The van der Waals surface area contributed by atoms with Crippen molar-refractivity contribution in [3.05, 3.63) is 72.4 Å². The summed E-state index contributed by atoms with van der Waals surface area (Å²) < 4.78 is 0. The van der Waals surface area contributed by atoms with Crippen LogP contribution in [0.3, 0.4) is 0 Å². The Balaban J connectivity index is 1.63. The lowest BCUT2D eigenvalue weighted by Crippen LogP contribution is -2.19. The minimum absolute atomic E-state index is 0.827. The van der Waals surface area contributed by atoms with Gasteiger partial charge in [0.2, 0.25) is 0 Å². The molecule has 0 bridgehead atoms. The zero-order valence-electron chi connectivity index (χ0n) is 14.1. The Morgan fingerprint density at radius 1 is 0.840 bits per heavy atom. The fraction of sp³-hybridized carbons (Fsp3) is 0.238. The number of aromatic nitrogens is 2. The molecule has 0 radical (unpaired) electrons. The van der Waals surface area contributed by atoms with E-state index < -0.39 is 0 Å². The number of rotatable bonds is 5. The van der Waals surface area contributed by atoms with Crippen molar-refractivity contribution < 1.29 is 0 Å². The molecule has 1 aliphatic heterocycles. The van der Waals surface area contributed by atoms with Gasteiger partial charge in [-0.3, -0.25) is 0 Å². The zero-order valence-corrected chi connectivity index (χ0v) is 15.0. The number of nitrogens with zero attached hydrogens (tertiary/aromatic N) is 3. The van der Waals surface area contributed by atoms with E-state index in [9.17, 15) is 0 Å². The van der Waals surface area contributed by atoms with Crippen molar-refractivity contribution in [2.24, 2.45) is 0 Å². The standard InChI is InChI=1S/C21H21N3S/c1-3-9-17(10-4-1)21-22-18(16-25-19-11-5-2-6-12-19)15-20(23-21)24-13-7-8-14-24/h1-6,9-12,15H,7-8,13-14,16H2. The van der Waals surface area contributed by atoms with Crippen LogP contribution in [0, 0.1) is 0 Å². The summed E-state index contributed by atoms with van der Waals surface area (Å²) in [5.41, 5.74) is 2.17. The van der Waals surface area contributed by atoms with Gasteiger partial charge in [-0.15, -0.1) is 11.8 Å².